The number of hydrogen-bond acceptors (Lipinski definition) is 3. The maximum Gasteiger partial charge on any atom is 0.156 e. The van der Waals surface area contributed by atoms with Gasteiger partial charge in [0.2, 0.25) is 0 Å². The molecule has 0 N–H and O–H groups in total. The van der Waals surface area contributed by atoms with E-state index in [9.17, 15) is 0 Å². The average Bonchev–Trinajstić information content (AvgIpc) is 3.18. The molecule has 0 atom stereocenters. The van der Waals surface area contributed by atoms with Crippen LogP contribution >= 0.6 is 22.9 Å². The molecular formula is C19H10ClNOS. The molecule has 0 radical (unpaired) electrons. The molecule has 0 bridgehead atoms. The van der Waals surface area contributed by atoms with Crippen LogP contribution in [-0.4, -0.2) is 4.98 Å². The molecule has 110 valence electrons. The number of para-hydroxylation sites is 1. The number of hydrogen-bond donors (Lipinski definition) is 0. The number of furan rings is 1. The first-order chi connectivity index (χ1) is 11.3. The highest BCUT2D eigenvalue weighted by Crippen LogP contribution is 2.41. The Balaban J connectivity index is 1.86. The molecule has 0 aliphatic heterocycles. The number of rotatable bonds is 1. The second-order valence-electron chi connectivity index (χ2n) is 5.40. The molecule has 2 nitrogen and oxygen atoms in total. The van der Waals surface area contributed by atoms with Gasteiger partial charge in [0.25, 0.3) is 0 Å². The lowest BCUT2D eigenvalue weighted by molar-refractivity contribution is 0.669. The lowest BCUT2D eigenvalue weighted by Gasteiger charge is -1.94. The van der Waals surface area contributed by atoms with Crippen LogP contribution in [0.4, 0.5) is 0 Å². The van der Waals surface area contributed by atoms with E-state index in [0.29, 0.717) is 10.6 Å². The lowest BCUT2D eigenvalue weighted by Crippen LogP contribution is -1.76. The average molecular weight is 336 g/mol. The van der Waals surface area contributed by atoms with Crippen molar-refractivity contribution in [1.82, 2.24) is 4.98 Å². The van der Waals surface area contributed by atoms with Gasteiger partial charge in [-0.25, -0.2) is 4.98 Å². The van der Waals surface area contributed by atoms with Crippen molar-refractivity contribution in [2.45, 2.75) is 0 Å². The Morgan fingerprint density at radius 1 is 0.913 bits per heavy atom. The van der Waals surface area contributed by atoms with Gasteiger partial charge in [0.1, 0.15) is 21.1 Å². The van der Waals surface area contributed by atoms with Crippen molar-refractivity contribution < 1.29 is 4.42 Å². The quantitative estimate of drug-likeness (QED) is 0.348. The number of benzene rings is 3. The van der Waals surface area contributed by atoms with Crippen LogP contribution in [-0.2, 0) is 0 Å². The van der Waals surface area contributed by atoms with Gasteiger partial charge in [0.05, 0.1) is 4.70 Å². The summed E-state index contributed by atoms with van der Waals surface area (Å²) in [6.07, 6.45) is 0. The second-order valence-corrected chi connectivity index (χ2v) is 6.81. The fourth-order valence-corrected chi connectivity index (χ4v) is 4.26. The van der Waals surface area contributed by atoms with Crippen molar-refractivity contribution in [2.75, 3.05) is 0 Å². The SMILES string of the molecule is Clc1c2nc(-c3ccccc3)sc2cc2c1oc1ccccc12. The molecule has 23 heavy (non-hydrogen) atoms. The standard InChI is InChI=1S/C19H10ClNOS/c20-16-17-15(23-19(21-17)11-6-2-1-3-7-11)10-13-12-8-4-5-9-14(12)22-18(13)16/h1-10H. The summed E-state index contributed by atoms with van der Waals surface area (Å²) in [5.41, 5.74) is 3.48. The Hall–Kier alpha value is -2.36. The van der Waals surface area contributed by atoms with Gasteiger partial charge in [-0.3, -0.25) is 0 Å². The fraction of sp³-hybridized carbons (Fsp3) is 0. The van der Waals surface area contributed by atoms with E-state index < -0.39 is 0 Å². The molecule has 3 aromatic carbocycles. The van der Waals surface area contributed by atoms with E-state index in [1.165, 1.54) is 0 Å². The molecule has 0 amide bonds. The zero-order valence-electron chi connectivity index (χ0n) is 11.9. The minimum absolute atomic E-state index is 0.590. The Bertz CT molecular complexity index is 1170. The van der Waals surface area contributed by atoms with Crippen LogP contribution < -0.4 is 0 Å². The van der Waals surface area contributed by atoms with Gasteiger partial charge in [-0.15, -0.1) is 11.3 Å². The summed E-state index contributed by atoms with van der Waals surface area (Å²) < 4.78 is 7.02. The van der Waals surface area contributed by atoms with E-state index in [1.807, 2.05) is 36.4 Å². The Morgan fingerprint density at radius 3 is 2.57 bits per heavy atom. The van der Waals surface area contributed by atoms with E-state index in [4.69, 9.17) is 21.0 Å². The van der Waals surface area contributed by atoms with E-state index in [1.54, 1.807) is 11.3 Å². The minimum Gasteiger partial charge on any atom is -0.454 e. The van der Waals surface area contributed by atoms with Gasteiger partial charge in [-0.1, -0.05) is 60.1 Å². The van der Waals surface area contributed by atoms with Crippen molar-refractivity contribution in [1.29, 1.82) is 0 Å². The number of halogens is 1. The Labute approximate surface area is 140 Å². The molecule has 0 aliphatic carbocycles. The molecule has 0 spiro atoms. The summed E-state index contributed by atoms with van der Waals surface area (Å²) in [6, 6.07) is 20.3. The summed E-state index contributed by atoms with van der Waals surface area (Å²) in [5.74, 6) is 0. The van der Waals surface area contributed by atoms with Gasteiger partial charge in [0.15, 0.2) is 5.58 Å². The third-order valence-corrected chi connectivity index (χ3v) is 5.39. The van der Waals surface area contributed by atoms with E-state index in [2.05, 4.69) is 24.3 Å². The summed E-state index contributed by atoms with van der Waals surface area (Å²) in [4.78, 5) is 4.73. The number of nitrogens with zero attached hydrogens (tertiary/aromatic N) is 1. The van der Waals surface area contributed by atoms with Gasteiger partial charge < -0.3 is 4.42 Å². The molecule has 0 saturated carbocycles. The van der Waals surface area contributed by atoms with Crippen molar-refractivity contribution in [3.63, 3.8) is 0 Å². The molecule has 5 aromatic rings. The molecule has 0 saturated heterocycles. The van der Waals surface area contributed by atoms with Crippen LogP contribution in [0.5, 0.6) is 0 Å². The summed E-state index contributed by atoms with van der Waals surface area (Å²) in [7, 11) is 0. The summed E-state index contributed by atoms with van der Waals surface area (Å²) in [6.45, 7) is 0. The molecule has 0 unspecified atom stereocenters. The number of fused-ring (bicyclic) bond motifs is 4. The smallest absolute Gasteiger partial charge is 0.156 e. The van der Waals surface area contributed by atoms with Crippen molar-refractivity contribution in [2.24, 2.45) is 0 Å². The van der Waals surface area contributed by atoms with E-state index in [-0.39, 0.29) is 0 Å². The topological polar surface area (TPSA) is 26.0 Å². The predicted molar refractivity (Wildman–Crippen MR) is 97.3 cm³/mol. The highest BCUT2D eigenvalue weighted by Gasteiger charge is 2.17. The maximum atomic E-state index is 6.60. The summed E-state index contributed by atoms with van der Waals surface area (Å²) in [5, 5.41) is 3.69. The first-order valence-electron chi connectivity index (χ1n) is 7.27. The molecule has 4 heteroatoms. The minimum atomic E-state index is 0.590. The van der Waals surface area contributed by atoms with Crippen LogP contribution in [0.15, 0.2) is 65.1 Å². The number of thiazole rings is 1. The van der Waals surface area contributed by atoms with Crippen LogP contribution in [0.3, 0.4) is 0 Å². The largest absolute Gasteiger partial charge is 0.454 e. The van der Waals surface area contributed by atoms with Crippen LogP contribution in [0.2, 0.25) is 5.02 Å². The van der Waals surface area contributed by atoms with Crippen molar-refractivity contribution in [3.8, 4) is 10.6 Å². The first-order valence-corrected chi connectivity index (χ1v) is 8.46. The predicted octanol–water partition coefficient (Wildman–Crippen LogP) is 6.52. The van der Waals surface area contributed by atoms with E-state index >= 15 is 0 Å². The molecule has 5 rings (SSSR count). The van der Waals surface area contributed by atoms with Crippen molar-refractivity contribution in [3.05, 3.63) is 65.7 Å². The highest BCUT2D eigenvalue weighted by atomic mass is 35.5. The second kappa shape index (κ2) is 4.82. The van der Waals surface area contributed by atoms with Crippen molar-refractivity contribution >= 4 is 55.1 Å². The molecular weight excluding hydrogens is 326 g/mol. The van der Waals surface area contributed by atoms with Gasteiger partial charge in [0, 0.05) is 16.3 Å². The third-order valence-electron chi connectivity index (χ3n) is 3.99. The zero-order valence-corrected chi connectivity index (χ0v) is 13.5. The maximum absolute atomic E-state index is 6.60. The fourth-order valence-electron chi connectivity index (χ4n) is 2.90. The third kappa shape index (κ3) is 1.90. The zero-order chi connectivity index (χ0) is 15.4. The summed E-state index contributed by atoms with van der Waals surface area (Å²) >= 11 is 8.25. The van der Waals surface area contributed by atoms with Gasteiger partial charge in [-0.2, -0.15) is 0 Å². The number of aromatic nitrogens is 1. The molecule has 2 heterocycles. The Morgan fingerprint density at radius 2 is 1.70 bits per heavy atom. The lowest BCUT2D eigenvalue weighted by atomic mass is 10.1. The van der Waals surface area contributed by atoms with Gasteiger partial charge >= 0.3 is 0 Å². The van der Waals surface area contributed by atoms with Crippen LogP contribution in [0, 0.1) is 0 Å². The van der Waals surface area contributed by atoms with Crippen LogP contribution in [0.25, 0.3) is 42.7 Å². The van der Waals surface area contributed by atoms with E-state index in [0.717, 1.165) is 37.1 Å². The van der Waals surface area contributed by atoms with Gasteiger partial charge in [-0.05, 0) is 12.1 Å². The first kappa shape index (κ1) is 13.1. The molecule has 2 aromatic heterocycles. The highest BCUT2D eigenvalue weighted by molar-refractivity contribution is 7.21. The molecule has 0 fully saturated rings. The monoisotopic (exact) mass is 335 g/mol. The Kier molecular flexibility index (Phi) is 2.75. The normalized spacial score (nSPS) is 11.7. The molecule has 0 aliphatic rings. The van der Waals surface area contributed by atoms with Crippen LogP contribution in [0.1, 0.15) is 0 Å².